The second-order valence-electron chi connectivity index (χ2n) is 3.83. The van der Waals surface area contributed by atoms with Gasteiger partial charge in [-0.3, -0.25) is 4.98 Å². The van der Waals surface area contributed by atoms with Crippen LogP contribution >= 0.6 is 0 Å². The number of nitrogens with one attached hydrogen (secondary N) is 1. The molecule has 0 aliphatic carbocycles. The lowest BCUT2D eigenvalue weighted by Crippen LogP contribution is -2.13. The van der Waals surface area contributed by atoms with Crippen molar-refractivity contribution in [1.82, 2.24) is 4.98 Å². The lowest BCUT2D eigenvalue weighted by molar-refractivity contribution is 0.765. The summed E-state index contributed by atoms with van der Waals surface area (Å²) in [6, 6.07) is 10.8. The molecule has 0 radical (unpaired) electrons. The number of anilines is 1. The third-order valence-electron chi connectivity index (χ3n) is 2.66. The Morgan fingerprint density at radius 3 is 2.93 bits per heavy atom. The molecule has 0 unspecified atom stereocenters. The lowest BCUT2D eigenvalue weighted by Gasteiger charge is -2.14. The van der Waals surface area contributed by atoms with E-state index in [1.807, 2.05) is 24.4 Å². The van der Waals surface area contributed by atoms with Gasteiger partial charge in [-0.05, 0) is 37.6 Å². The van der Waals surface area contributed by atoms with Crippen LogP contribution in [0.2, 0.25) is 0 Å². The average Bonchev–Trinajstić information content (AvgIpc) is 2.29. The zero-order chi connectivity index (χ0) is 10.7. The molecule has 0 aliphatic heterocycles. The number of aromatic nitrogens is 1. The van der Waals surface area contributed by atoms with E-state index >= 15 is 0 Å². The minimum Gasteiger partial charge on any atom is -0.382 e. The molecule has 78 valence electrons. The molecule has 2 heteroatoms. The Bertz CT molecular complexity index is 446. The van der Waals surface area contributed by atoms with Crippen molar-refractivity contribution < 1.29 is 0 Å². The summed E-state index contributed by atoms with van der Waals surface area (Å²) < 4.78 is 0. The molecule has 1 aromatic heterocycles. The summed E-state index contributed by atoms with van der Waals surface area (Å²) in [4.78, 5) is 4.33. The molecule has 0 saturated carbocycles. The van der Waals surface area contributed by atoms with Gasteiger partial charge in [0.15, 0.2) is 0 Å². The van der Waals surface area contributed by atoms with Crippen LogP contribution in [0.4, 0.5) is 5.69 Å². The highest BCUT2D eigenvalue weighted by atomic mass is 14.9. The summed E-state index contributed by atoms with van der Waals surface area (Å²) >= 11 is 0. The van der Waals surface area contributed by atoms with Gasteiger partial charge in [0.25, 0.3) is 0 Å². The van der Waals surface area contributed by atoms with Crippen molar-refractivity contribution in [3.05, 3.63) is 36.5 Å². The summed E-state index contributed by atoms with van der Waals surface area (Å²) in [5.74, 6) is 0. The van der Waals surface area contributed by atoms with E-state index in [1.54, 1.807) is 0 Å². The number of benzene rings is 1. The summed E-state index contributed by atoms with van der Waals surface area (Å²) in [5, 5.41) is 4.69. The number of pyridine rings is 1. The first kappa shape index (κ1) is 9.97. The first-order chi connectivity index (χ1) is 7.31. The lowest BCUT2D eigenvalue weighted by atomic mass is 10.1. The molecule has 1 heterocycles. The first-order valence-electron chi connectivity index (χ1n) is 5.41. The molecule has 1 atom stereocenters. The monoisotopic (exact) mass is 200 g/mol. The summed E-state index contributed by atoms with van der Waals surface area (Å²) in [6.07, 6.45) is 2.95. The largest absolute Gasteiger partial charge is 0.382 e. The number of nitrogens with zero attached hydrogens (tertiary/aromatic N) is 1. The van der Waals surface area contributed by atoms with Crippen LogP contribution in [0.3, 0.4) is 0 Å². The average molecular weight is 200 g/mol. The van der Waals surface area contributed by atoms with Crippen LogP contribution in [-0.2, 0) is 0 Å². The maximum atomic E-state index is 4.33. The second-order valence-corrected chi connectivity index (χ2v) is 3.83. The Balaban J connectivity index is 2.42. The van der Waals surface area contributed by atoms with Crippen LogP contribution in [0, 0.1) is 0 Å². The predicted octanol–water partition coefficient (Wildman–Crippen LogP) is 3.45. The molecule has 0 amide bonds. The molecule has 2 nitrogen and oxygen atoms in total. The van der Waals surface area contributed by atoms with E-state index in [0.717, 1.165) is 11.9 Å². The Labute approximate surface area is 90.3 Å². The van der Waals surface area contributed by atoms with E-state index < -0.39 is 0 Å². The Kier molecular flexibility index (Phi) is 2.86. The minimum absolute atomic E-state index is 0.496. The van der Waals surface area contributed by atoms with Gasteiger partial charge < -0.3 is 5.32 Å². The number of hydrogen-bond donors (Lipinski definition) is 1. The maximum absolute atomic E-state index is 4.33. The van der Waals surface area contributed by atoms with E-state index in [2.05, 4.69) is 36.3 Å². The molecule has 0 spiro atoms. The third-order valence-corrected chi connectivity index (χ3v) is 2.66. The maximum Gasteiger partial charge on any atom is 0.0722 e. The van der Waals surface area contributed by atoms with Gasteiger partial charge >= 0.3 is 0 Å². The third kappa shape index (κ3) is 2.09. The highest BCUT2D eigenvalue weighted by Crippen LogP contribution is 2.22. The molecule has 0 aliphatic rings. The first-order valence-corrected chi connectivity index (χ1v) is 5.41. The van der Waals surface area contributed by atoms with E-state index in [1.165, 1.54) is 11.1 Å². The van der Waals surface area contributed by atoms with Gasteiger partial charge in [-0.2, -0.15) is 0 Å². The standard InChI is InChI=1S/C13H16N2/c1-3-10(2)15-13-8-4-7-12-11(13)6-5-9-14-12/h4-10,15H,3H2,1-2H3/t10-/m0/s1. The van der Waals surface area contributed by atoms with Crippen molar-refractivity contribution in [2.24, 2.45) is 0 Å². The molecule has 1 aromatic carbocycles. The van der Waals surface area contributed by atoms with Crippen molar-refractivity contribution in [3.63, 3.8) is 0 Å². The minimum atomic E-state index is 0.496. The van der Waals surface area contributed by atoms with Gasteiger partial charge in [0.1, 0.15) is 0 Å². The highest BCUT2D eigenvalue weighted by Gasteiger charge is 2.03. The number of fused-ring (bicyclic) bond motifs is 1. The van der Waals surface area contributed by atoms with Gasteiger partial charge in [0.2, 0.25) is 0 Å². The van der Waals surface area contributed by atoms with Crippen molar-refractivity contribution in [2.45, 2.75) is 26.3 Å². The zero-order valence-corrected chi connectivity index (χ0v) is 9.20. The molecular weight excluding hydrogens is 184 g/mol. The molecule has 15 heavy (non-hydrogen) atoms. The van der Waals surface area contributed by atoms with Crippen molar-refractivity contribution in [3.8, 4) is 0 Å². The Morgan fingerprint density at radius 2 is 2.13 bits per heavy atom. The fourth-order valence-corrected chi connectivity index (χ4v) is 1.60. The van der Waals surface area contributed by atoms with Crippen molar-refractivity contribution in [2.75, 3.05) is 5.32 Å². The predicted molar refractivity (Wildman–Crippen MR) is 65.1 cm³/mol. The molecule has 2 rings (SSSR count). The van der Waals surface area contributed by atoms with Crippen LogP contribution in [0.5, 0.6) is 0 Å². The van der Waals surface area contributed by atoms with Gasteiger partial charge in [0.05, 0.1) is 5.52 Å². The quantitative estimate of drug-likeness (QED) is 0.820. The molecular formula is C13H16N2. The fraction of sp³-hybridized carbons (Fsp3) is 0.308. The van der Waals surface area contributed by atoms with Crippen LogP contribution in [0.25, 0.3) is 10.9 Å². The van der Waals surface area contributed by atoms with E-state index in [-0.39, 0.29) is 0 Å². The van der Waals surface area contributed by atoms with Crippen LogP contribution < -0.4 is 5.32 Å². The van der Waals surface area contributed by atoms with Gasteiger partial charge in [-0.1, -0.05) is 13.0 Å². The normalized spacial score (nSPS) is 12.7. The fourth-order valence-electron chi connectivity index (χ4n) is 1.60. The van der Waals surface area contributed by atoms with E-state index in [0.29, 0.717) is 6.04 Å². The van der Waals surface area contributed by atoms with Gasteiger partial charge in [-0.15, -0.1) is 0 Å². The van der Waals surface area contributed by atoms with Gasteiger partial charge in [0, 0.05) is 23.3 Å². The molecule has 1 N–H and O–H groups in total. The topological polar surface area (TPSA) is 24.9 Å². The van der Waals surface area contributed by atoms with Crippen LogP contribution in [0.1, 0.15) is 20.3 Å². The summed E-state index contributed by atoms with van der Waals surface area (Å²) in [6.45, 7) is 4.37. The van der Waals surface area contributed by atoms with Crippen LogP contribution in [-0.4, -0.2) is 11.0 Å². The number of rotatable bonds is 3. The van der Waals surface area contributed by atoms with E-state index in [4.69, 9.17) is 0 Å². The van der Waals surface area contributed by atoms with Crippen molar-refractivity contribution >= 4 is 16.6 Å². The Morgan fingerprint density at radius 1 is 1.27 bits per heavy atom. The Hall–Kier alpha value is -1.57. The molecule has 0 bridgehead atoms. The zero-order valence-electron chi connectivity index (χ0n) is 9.20. The number of hydrogen-bond acceptors (Lipinski definition) is 2. The van der Waals surface area contributed by atoms with Crippen molar-refractivity contribution in [1.29, 1.82) is 0 Å². The summed E-state index contributed by atoms with van der Waals surface area (Å²) in [7, 11) is 0. The molecule has 2 aromatic rings. The second kappa shape index (κ2) is 4.30. The van der Waals surface area contributed by atoms with Crippen LogP contribution in [0.15, 0.2) is 36.5 Å². The molecule has 0 fully saturated rings. The smallest absolute Gasteiger partial charge is 0.0722 e. The molecule has 0 saturated heterocycles. The summed E-state index contributed by atoms with van der Waals surface area (Å²) in [5.41, 5.74) is 2.22. The van der Waals surface area contributed by atoms with Gasteiger partial charge in [-0.25, -0.2) is 0 Å². The SMILES string of the molecule is CC[C@H](C)Nc1cccc2ncccc12. The van der Waals surface area contributed by atoms with E-state index in [9.17, 15) is 0 Å². The highest BCUT2D eigenvalue weighted by molar-refractivity contribution is 5.91.